The summed E-state index contributed by atoms with van der Waals surface area (Å²) in [4.78, 5) is 8.95. The molecule has 1 aliphatic rings. The molecule has 0 saturated carbocycles. The number of hydrogen-bond donors (Lipinski definition) is 0. The first-order chi connectivity index (χ1) is 10.1. The normalized spacial score (nSPS) is 21.2. The minimum Gasteiger partial charge on any atom is -0.241 e. The Morgan fingerprint density at radius 2 is 1.90 bits per heavy atom. The van der Waals surface area contributed by atoms with Gasteiger partial charge in [0, 0.05) is 11.5 Å². The standard InChI is InChI=1S/C19H20N2/c1-13-6-4-8-16(10-13)18-11-19(21-12-20-18)17-9-5-7-14(2)15(17)3/h4-12,15,17H,1-3H3. The van der Waals surface area contributed by atoms with Crippen LogP contribution in [0.3, 0.4) is 0 Å². The number of aromatic nitrogens is 2. The molecule has 0 aliphatic heterocycles. The van der Waals surface area contributed by atoms with Crippen molar-refractivity contribution in [1.82, 2.24) is 9.97 Å². The van der Waals surface area contributed by atoms with E-state index in [1.165, 1.54) is 11.1 Å². The third kappa shape index (κ3) is 2.80. The lowest BCUT2D eigenvalue weighted by Crippen LogP contribution is -2.13. The third-order valence-electron chi connectivity index (χ3n) is 4.28. The van der Waals surface area contributed by atoms with Gasteiger partial charge in [-0.15, -0.1) is 0 Å². The zero-order valence-electron chi connectivity index (χ0n) is 12.7. The Balaban J connectivity index is 1.98. The second-order valence-corrected chi connectivity index (χ2v) is 5.81. The average Bonchev–Trinajstić information content (AvgIpc) is 2.50. The molecule has 3 rings (SSSR count). The summed E-state index contributed by atoms with van der Waals surface area (Å²) in [5, 5.41) is 0. The third-order valence-corrected chi connectivity index (χ3v) is 4.28. The predicted molar refractivity (Wildman–Crippen MR) is 87.0 cm³/mol. The summed E-state index contributed by atoms with van der Waals surface area (Å²) in [7, 11) is 0. The van der Waals surface area contributed by atoms with Crippen LogP contribution in [-0.2, 0) is 0 Å². The summed E-state index contributed by atoms with van der Waals surface area (Å²) in [6.45, 7) is 6.55. The Labute approximate surface area is 126 Å². The molecule has 0 amide bonds. The van der Waals surface area contributed by atoms with E-state index in [1.54, 1.807) is 6.33 Å². The topological polar surface area (TPSA) is 25.8 Å². The van der Waals surface area contributed by atoms with Crippen molar-refractivity contribution in [3.8, 4) is 11.3 Å². The highest BCUT2D eigenvalue weighted by Crippen LogP contribution is 2.33. The highest BCUT2D eigenvalue weighted by atomic mass is 14.8. The summed E-state index contributed by atoms with van der Waals surface area (Å²) in [5.74, 6) is 0.816. The van der Waals surface area contributed by atoms with Crippen LogP contribution in [0.25, 0.3) is 11.3 Å². The highest BCUT2D eigenvalue weighted by molar-refractivity contribution is 5.60. The van der Waals surface area contributed by atoms with E-state index in [1.807, 2.05) is 0 Å². The monoisotopic (exact) mass is 276 g/mol. The van der Waals surface area contributed by atoms with E-state index in [0.717, 1.165) is 17.0 Å². The molecule has 1 heterocycles. The fraction of sp³-hybridized carbons (Fsp3) is 0.263. The molecule has 1 aromatic carbocycles. The van der Waals surface area contributed by atoms with Gasteiger partial charge in [0.25, 0.3) is 0 Å². The van der Waals surface area contributed by atoms with Crippen LogP contribution in [0.2, 0.25) is 0 Å². The van der Waals surface area contributed by atoms with Gasteiger partial charge in [0.15, 0.2) is 0 Å². The first-order valence-corrected chi connectivity index (χ1v) is 7.39. The first-order valence-electron chi connectivity index (χ1n) is 7.39. The summed E-state index contributed by atoms with van der Waals surface area (Å²) in [6.07, 6.45) is 8.24. The predicted octanol–water partition coefficient (Wildman–Crippen LogP) is 4.69. The lowest BCUT2D eigenvalue weighted by Gasteiger charge is -2.24. The van der Waals surface area contributed by atoms with Crippen LogP contribution in [0.15, 0.2) is 60.5 Å². The number of benzene rings is 1. The molecule has 21 heavy (non-hydrogen) atoms. The van der Waals surface area contributed by atoms with E-state index in [-0.39, 0.29) is 0 Å². The van der Waals surface area contributed by atoms with Crippen LogP contribution in [0, 0.1) is 12.8 Å². The summed E-state index contributed by atoms with van der Waals surface area (Å²) < 4.78 is 0. The molecule has 0 spiro atoms. The number of rotatable bonds is 2. The molecule has 106 valence electrons. The number of hydrogen-bond acceptors (Lipinski definition) is 2. The fourth-order valence-corrected chi connectivity index (χ4v) is 2.80. The van der Waals surface area contributed by atoms with Crippen LogP contribution in [0.4, 0.5) is 0 Å². The van der Waals surface area contributed by atoms with Crippen molar-refractivity contribution in [2.45, 2.75) is 26.7 Å². The SMILES string of the molecule is CC1=CC=CC(c2cc(-c3cccc(C)c3)ncn2)C1C. The van der Waals surface area contributed by atoms with Gasteiger partial charge in [-0.05, 0) is 31.9 Å². The van der Waals surface area contributed by atoms with Crippen molar-refractivity contribution in [3.63, 3.8) is 0 Å². The fourth-order valence-electron chi connectivity index (χ4n) is 2.80. The quantitative estimate of drug-likeness (QED) is 0.795. The summed E-state index contributed by atoms with van der Waals surface area (Å²) in [5.41, 5.74) is 5.89. The van der Waals surface area contributed by atoms with Gasteiger partial charge in [-0.25, -0.2) is 9.97 Å². The van der Waals surface area contributed by atoms with Crippen LogP contribution < -0.4 is 0 Å². The smallest absolute Gasteiger partial charge is 0.116 e. The van der Waals surface area contributed by atoms with Crippen LogP contribution in [-0.4, -0.2) is 9.97 Å². The molecule has 0 radical (unpaired) electrons. The summed E-state index contributed by atoms with van der Waals surface area (Å²) in [6, 6.07) is 10.6. The molecule has 2 unspecified atom stereocenters. The van der Waals surface area contributed by atoms with Crippen molar-refractivity contribution < 1.29 is 0 Å². The molecule has 1 aliphatic carbocycles. The molecule has 0 fully saturated rings. The van der Waals surface area contributed by atoms with Crippen molar-refractivity contribution in [1.29, 1.82) is 0 Å². The number of nitrogens with zero attached hydrogens (tertiary/aromatic N) is 2. The van der Waals surface area contributed by atoms with E-state index in [2.05, 4.69) is 79.3 Å². The van der Waals surface area contributed by atoms with Gasteiger partial charge in [0.05, 0.1) is 11.4 Å². The van der Waals surface area contributed by atoms with Gasteiger partial charge in [-0.2, -0.15) is 0 Å². The molecule has 2 heteroatoms. The minimum absolute atomic E-state index is 0.335. The molecule has 2 atom stereocenters. The zero-order valence-corrected chi connectivity index (χ0v) is 12.7. The van der Waals surface area contributed by atoms with E-state index in [0.29, 0.717) is 11.8 Å². The molecule has 2 aromatic rings. The Morgan fingerprint density at radius 1 is 1.05 bits per heavy atom. The second kappa shape index (κ2) is 5.65. The van der Waals surface area contributed by atoms with Gasteiger partial charge < -0.3 is 0 Å². The van der Waals surface area contributed by atoms with Crippen molar-refractivity contribution in [2.75, 3.05) is 0 Å². The molecule has 1 aromatic heterocycles. The Kier molecular flexibility index (Phi) is 3.70. The maximum Gasteiger partial charge on any atom is 0.116 e. The second-order valence-electron chi connectivity index (χ2n) is 5.81. The number of allylic oxidation sites excluding steroid dienone is 4. The van der Waals surface area contributed by atoms with E-state index < -0.39 is 0 Å². The van der Waals surface area contributed by atoms with E-state index in [9.17, 15) is 0 Å². The van der Waals surface area contributed by atoms with E-state index >= 15 is 0 Å². The minimum atomic E-state index is 0.335. The van der Waals surface area contributed by atoms with Crippen LogP contribution >= 0.6 is 0 Å². The zero-order chi connectivity index (χ0) is 14.8. The molecule has 2 nitrogen and oxygen atoms in total. The van der Waals surface area contributed by atoms with Crippen molar-refractivity contribution in [3.05, 3.63) is 71.7 Å². The van der Waals surface area contributed by atoms with Crippen LogP contribution in [0.1, 0.15) is 31.0 Å². The molecule has 0 N–H and O–H groups in total. The Hall–Kier alpha value is -2.22. The average molecular weight is 276 g/mol. The maximum atomic E-state index is 4.51. The maximum absolute atomic E-state index is 4.51. The summed E-state index contributed by atoms with van der Waals surface area (Å²) >= 11 is 0. The molecular weight excluding hydrogens is 256 g/mol. The van der Waals surface area contributed by atoms with Gasteiger partial charge in [0.1, 0.15) is 6.33 Å². The van der Waals surface area contributed by atoms with Crippen molar-refractivity contribution in [2.24, 2.45) is 5.92 Å². The Bertz CT molecular complexity index is 713. The van der Waals surface area contributed by atoms with Gasteiger partial charge in [-0.3, -0.25) is 0 Å². The first kappa shape index (κ1) is 13.7. The van der Waals surface area contributed by atoms with Crippen LogP contribution in [0.5, 0.6) is 0 Å². The Morgan fingerprint density at radius 3 is 2.71 bits per heavy atom. The molecular formula is C19H20N2. The largest absolute Gasteiger partial charge is 0.241 e. The van der Waals surface area contributed by atoms with Gasteiger partial charge >= 0.3 is 0 Å². The highest BCUT2D eigenvalue weighted by Gasteiger charge is 2.21. The van der Waals surface area contributed by atoms with Gasteiger partial charge in [-0.1, -0.05) is 54.5 Å². The molecule has 0 bridgehead atoms. The van der Waals surface area contributed by atoms with Gasteiger partial charge in [0.2, 0.25) is 0 Å². The molecule has 0 saturated heterocycles. The number of aryl methyl sites for hydroxylation is 1. The lowest BCUT2D eigenvalue weighted by molar-refractivity contribution is 0.584. The lowest BCUT2D eigenvalue weighted by atomic mass is 9.82. The van der Waals surface area contributed by atoms with E-state index in [4.69, 9.17) is 0 Å². The van der Waals surface area contributed by atoms with Crippen molar-refractivity contribution >= 4 is 0 Å².